The average Bonchev–Trinajstić information content (AvgIpc) is 2.59. The summed E-state index contributed by atoms with van der Waals surface area (Å²) in [4.78, 5) is 4.20. The predicted octanol–water partition coefficient (Wildman–Crippen LogP) is 2.40. The zero-order chi connectivity index (χ0) is 15.9. The van der Waals surface area contributed by atoms with Gasteiger partial charge in [-0.25, -0.2) is 4.98 Å². The fourth-order valence-electron chi connectivity index (χ4n) is 2.09. The quantitative estimate of drug-likeness (QED) is 0.683. The molecule has 1 aromatic carbocycles. The average molecular weight is 319 g/mol. The second-order valence-corrected chi connectivity index (χ2v) is 6.29. The first-order valence-corrected chi connectivity index (χ1v) is 8.20. The lowest BCUT2D eigenvalue weighted by Crippen LogP contribution is -2.26. The molecule has 0 radical (unpaired) electrons. The first kappa shape index (κ1) is 17.0. The van der Waals surface area contributed by atoms with E-state index in [1.165, 1.54) is 11.8 Å². The van der Waals surface area contributed by atoms with Crippen LogP contribution in [0.2, 0.25) is 0 Å². The Kier molecular flexibility index (Phi) is 6.39. The van der Waals surface area contributed by atoms with Crippen molar-refractivity contribution >= 4 is 11.8 Å². The molecule has 4 nitrogen and oxygen atoms in total. The van der Waals surface area contributed by atoms with Gasteiger partial charge >= 0.3 is 0 Å². The Labute approximate surface area is 134 Å². The molecule has 118 valence electrons. The van der Waals surface area contributed by atoms with Crippen molar-refractivity contribution in [3.05, 3.63) is 59.8 Å². The van der Waals surface area contributed by atoms with E-state index in [2.05, 4.69) is 4.98 Å². The van der Waals surface area contributed by atoms with E-state index in [1.807, 2.05) is 25.1 Å². The van der Waals surface area contributed by atoms with Crippen LogP contribution >= 0.6 is 11.8 Å². The highest BCUT2D eigenvalue weighted by Gasteiger charge is 2.24. The van der Waals surface area contributed by atoms with E-state index in [4.69, 9.17) is 5.11 Å². The van der Waals surface area contributed by atoms with Crippen LogP contribution in [0.15, 0.2) is 53.7 Å². The largest absolute Gasteiger partial charge is 0.392 e. The molecule has 5 heteroatoms. The van der Waals surface area contributed by atoms with Gasteiger partial charge in [-0.05, 0) is 23.3 Å². The van der Waals surface area contributed by atoms with E-state index >= 15 is 0 Å². The van der Waals surface area contributed by atoms with Crippen LogP contribution in [0.1, 0.15) is 24.2 Å². The molecule has 0 aliphatic rings. The van der Waals surface area contributed by atoms with Crippen molar-refractivity contribution in [3.63, 3.8) is 0 Å². The number of aliphatic hydroxyl groups excluding tert-OH is 3. The van der Waals surface area contributed by atoms with Gasteiger partial charge in [-0.1, -0.05) is 37.3 Å². The minimum Gasteiger partial charge on any atom is -0.392 e. The lowest BCUT2D eigenvalue weighted by Gasteiger charge is -2.24. The van der Waals surface area contributed by atoms with E-state index in [1.54, 1.807) is 30.5 Å². The SMILES string of the molecule is C[C@@H]([C@H](O)c1ccc(CO)cc1)[C@@H](O)CSc1ccccn1. The molecule has 0 saturated heterocycles. The number of nitrogens with zero attached hydrogens (tertiary/aromatic N) is 1. The Balaban J connectivity index is 1.92. The third kappa shape index (κ3) is 4.55. The number of hydrogen-bond acceptors (Lipinski definition) is 5. The molecule has 3 N–H and O–H groups in total. The zero-order valence-corrected chi connectivity index (χ0v) is 13.3. The molecule has 1 heterocycles. The highest BCUT2D eigenvalue weighted by Crippen LogP contribution is 2.27. The molecule has 0 aliphatic heterocycles. The Morgan fingerprint density at radius 2 is 1.82 bits per heavy atom. The van der Waals surface area contributed by atoms with Crippen molar-refractivity contribution in [2.24, 2.45) is 5.92 Å². The minimum absolute atomic E-state index is 0.0186. The second kappa shape index (κ2) is 8.29. The van der Waals surface area contributed by atoms with Crippen LogP contribution in [0.25, 0.3) is 0 Å². The standard InChI is InChI=1S/C17H21NO3S/c1-12(15(20)11-22-16-4-2-3-9-18-16)17(21)14-7-5-13(10-19)6-8-14/h2-9,12,15,17,19-21H,10-11H2,1H3/t12-,15+,17+/m1/s1. The fourth-order valence-corrected chi connectivity index (χ4v) is 3.04. The Hall–Kier alpha value is -1.40. The number of hydrogen-bond donors (Lipinski definition) is 3. The van der Waals surface area contributed by atoms with Crippen molar-refractivity contribution in [3.8, 4) is 0 Å². The van der Waals surface area contributed by atoms with Gasteiger partial charge < -0.3 is 15.3 Å². The molecule has 22 heavy (non-hydrogen) atoms. The van der Waals surface area contributed by atoms with Gasteiger partial charge in [0.15, 0.2) is 0 Å². The number of aliphatic hydroxyl groups is 3. The molecular weight excluding hydrogens is 298 g/mol. The van der Waals surface area contributed by atoms with E-state index in [0.29, 0.717) is 5.75 Å². The highest BCUT2D eigenvalue weighted by molar-refractivity contribution is 7.99. The molecule has 0 saturated carbocycles. The normalized spacial score (nSPS) is 15.3. The molecule has 0 spiro atoms. The van der Waals surface area contributed by atoms with Crippen molar-refractivity contribution < 1.29 is 15.3 Å². The molecule has 0 bridgehead atoms. The maximum Gasteiger partial charge on any atom is 0.0960 e. The summed E-state index contributed by atoms with van der Waals surface area (Å²) in [5.41, 5.74) is 1.54. The summed E-state index contributed by atoms with van der Waals surface area (Å²) in [5.74, 6) is 0.181. The molecule has 0 fully saturated rings. The predicted molar refractivity (Wildman–Crippen MR) is 87.5 cm³/mol. The number of thioether (sulfide) groups is 1. The smallest absolute Gasteiger partial charge is 0.0960 e. The number of rotatable bonds is 7. The van der Waals surface area contributed by atoms with Gasteiger partial charge in [0.1, 0.15) is 0 Å². The second-order valence-electron chi connectivity index (χ2n) is 5.25. The molecule has 1 aromatic heterocycles. The number of pyridine rings is 1. The van der Waals surface area contributed by atoms with E-state index < -0.39 is 12.2 Å². The van der Waals surface area contributed by atoms with E-state index in [9.17, 15) is 10.2 Å². The van der Waals surface area contributed by atoms with Crippen molar-refractivity contribution in [2.75, 3.05) is 5.75 Å². The number of aromatic nitrogens is 1. The van der Waals surface area contributed by atoms with Gasteiger partial charge in [0.05, 0.1) is 23.8 Å². The number of benzene rings is 1. The summed E-state index contributed by atoms with van der Waals surface area (Å²) in [6, 6.07) is 12.8. The lowest BCUT2D eigenvalue weighted by atomic mass is 9.93. The van der Waals surface area contributed by atoms with Gasteiger partial charge in [-0.3, -0.25) is 0 Å². The maximum atomic E-state index is 10.4. The van der Waals surface area contributed by atoms with Gasteiger partial charge in [0.2, 0.25) is 0 Å². The summed E-state index contributed by atoms with van der Waals surface area (Å²) in [7, 11) is 0. The van der Waals surface area contributed by atoms with Crippen LogP contribution < -0.4 is 0 Å². The van der Waals surface area contributed by atoms with Crippen LogP contribution in [0.4, 0.5) is 0 Å². The fraction of sp³-hybridized carbons (Fsp3) is 0.353. The topological polar surface area (TPSA) is 73.6 Å². The lowest BCUT2D eigenvalue weighted by molar-refractivity contribution is 0.0330. The summed E-state index contributed by atoms with van der Waals surface area (Å²) in [6.07, 6.45) is 0.335. The molecule has 2 rings (SSSR count). The van der Waals surface area contributed by atoms with Crippen LogP contribution in [0.5, 0.6) is 0 Å². The van der Waals surface area contributed by atoms with Crippen LogP contribution in [0.3, 0.4) is 0 Å². The summed E-state index contributed by atoms with van der Waals surface area (Å²) in [5, 5.41) is 30.5. The third-order valence-electron chi connectivity index (χ3n) is 3.65. The summed E-state index contributed by atoms with van der Waals surface area (Å²) in [6.45, 7) is 1.81. The first-order valence-electron chi connectivity index (χ1n) is 7.21. The van der Waals surface area contributed by atoms with E-state index in [-0.39, 0.29) is 12.5 Å². The van der Waals surface area contributed by atoms with Gasteiger partial charge in [-0.15, -0.1) is 11.8 Å². The molecule has 0 unspecified atom stereocenters. The van der Waals surface area contributed by atoms with Crippen molar-refractivity contribution in [2.45, 2.75) is 30.8 Å². The van der Waals surface area contributed by atoms with Gasteiger partial charge in [0, 0.05) is 17.9 Å². The van der Waals surface area contributed by atoms with Crippen LogP contribution in [0, 0.1) is 5.92 Å². The third-order valence-corrected chi connectivity index (χ3v) is 4.69. The van der Waals surface area contributed by atoms with Crippen molar-refractivity contribution in [1.82, 2.24) is 4.98 Å². The molecule has 2 aromatic rings. The monoisotopic (exact) mass is 319 g/mol. The zero-order valence-electron chi connectivity index (χ0n) is 12.5. The van der Waals surface area contributed by atoms with Crippen LogP contribution in [-0.2, 0) is 6.61 Å². The molecule has 0 amide bonds. The Morgan fingerprint density at radius 3 is 2.41 bits per heavy atom. The Bertz CT molecular complexity index is 562. The Morgan fingerprint density at radius 1 is 1.09 bits per heavy atom. The summed E-state index contributed by atoms with van der Waals surface area (Å²) >= 11 is 1.47. The van der Waals surface area contributed by atoms with Gasteiger partial charge in [0.25, 0.3) is 0 Å². The minimum atomic E-state index is -0.743. The van der Waals surface area contributed by atoms with Crippen LogP contribution in [-0.4, -0.2) is 32.2 Å². The van der Waals surface area contributed by atoms with Gasteiger partial charge in [-0.2, -0.15) is 0 Å². The molecule has 0 aliphatic carbocycles. The molecular formula is C17H21NO3S. The maximum absolute atomic E-state index is 10.4. The van der Waals surface area contributed by atoms with E-state index in [0.717, 1.165) is 16.2 Å². The molecule has 3 atom stereocenters. The highest BCUT2D eigenvalue weighted by atomic mass is 32.2. The first-order chi connectivity index (χ1) is 10.6. The van der Waals surface area contributed by atoms with Crippen molar-refractivity contribution in [1.29, 1.82) is 0 Å². The summed E-state index contributed by atoms with van der Waals surface area (Å²) < 4.78 is 0.